The van der Waals surface area contributed by atoms with Crippen LogP contribution in [0.2, 0.25) is 0 Å². The van der Waals surface area contributed by atoms with E-state index in [0.29, 0.717) is 10.9 Å². The number of nitrogens with one attached hydrogen (secondary N) is 1. The number of primary amides is 1. The lowest BCUT2D eigenvalue weighted by Crippen LogP contribution is -2.52. The van der Waals surface area contributed by atoms with Crippen LogP contribution in [0.15, 0.2) is 24.3 Å². The molecule has 0 bridgehead atoms. The van der Waals surface area contributed by atoms with Crippen LogP contribution in [-0.4, -0.2) is 51.5 Å². The summed E-state index contributed by atoms with van der Waals surface area (Å²) in [5.41, 5.74) is 5.84. The molecule has 31 heavy (non-hydrogen) atoms. The van der Waals surface area contributed by atoms with Gasteiger partial charge in [-0.25, -0.2) is 0 Å². The highest BCUT2D eigenvalue weighted by Gasteiger charge is 2.32. The summed E-state index contributed by atoms with van der Waals surface area (Å²) in [5.74, 6) is -1.12. The number of carbonyl (C=O) groups is 3. The molecule has 1 aromatic carbocycles. The molecule has 1 saturated carbocycles. The maximum absolute atomic E-state index is 13.0. The number of likely N-dealkylation sites (N-methyl/N-ethyl adjacent to an activating group) is 1. The lowest BCUT2D eigenvalue weighted by molar-refractivity contribution is -0.133. The van der Waals surface area contributed by atoms with Crippen molar-refractivity contribution in [3.8, 4) is 0 Å². The molecular formula is C23H33N5O3. The average molecular weight is 428 g/mol. The van der Waals surface area contributed by atoms with Crippen molar-refractivity contribution in [2.45, 2.75) is 71.5 Å². The number of fused-ring (bicyclic) bond motifs is 1. The number of carbonyl (C=O) groups excluding carboxylic acids is 3. The molecular weight excluding hydrogens is 394 g/mol. The lowest BCUT2D eigenvalue weighted by Gasteiger charge is -2.31. The smallest absolute Gasteiger partial charge is 0.273 e. The molecule has 0 saturated heterocycles. The molecule has 1 aliphatic carbocycles. The van der Waals surface area contributed by atoms with Gasteiger partial charge in [0.25, 0.3) is 5.91 Å². The second-order valence-corrected chi connectivity index (χ2v) is 9.49. The predicted molar refractivity (Wildman–Crippen MR) is 119 cm³/mol. The first kappa shape index (κ1) is 22.8. The van der Waals surface area contributed by atoms with Gasteiger partial charge < -0.3 is 16.0 Å². The second-order valence-electron chi connectivity index (χ2n) is 9.49. The number of para-hydroxylation sites is 1. The maximum Gasteiger partial charge on any atom is 0.273 e. The molecule has 0 aliphatic heterocycles. The Labute approximate surface area is 183 Å². The van der Waals surface area contributed by atoms with Gasteiger partial charge in [0.1, 0.15) is 12.6 Å². The molecule has 1 aromatic heterocycles. The molecule has 8 nitrogen and oxygen atoms in total. The summed E-state index contributed by atoms with van der Waals surface area (Å²) in [7, 11) is 1.85. The minimum absolute atomic E-state index is 0.0307. The number of amides is 3. The van der Waals surface area contributed by atoms with E-state index in [-0.39, 0.29) is 24.2 Å². The van der Waals surface area contributed by atoms with Gasteiger partial charge >= 0.3 is 0 Å². The van der Waals surface area contributed by atoms with Crippen LogP contribution in [0.5, 0.6) is 0 Å². The molecule has 1 fully saturated rings. The summed E-state index contributed by atoms with van der Waals surface area (Å²) in [6, 6.07) is 6.70. The summed E-state index contributed by atoms with van der Waals surface area (Å²) in [5, 5.41) is 7.81. The largest absolute Gasteiger partial charge is 0.368 e. The number of benzene rings is 1. The van der Waals surface area contributed by atoms with Crippen LogP contribution in [0.1, 0.15) is 63.4 Å². The van der Waals surface area contributed by atoms with E-state index >= 15 is 0 Å². The molecule has 0 spiro atoms. The minimum atomic E-state index is -0.844. The predicted octanol–water partition coefficient (Wildman–Crippen LogP) is 2.46. The van der Waals surface area contributed by atoms with Gasteiger partial charge in [0.05, 0.1) is 5.52 Å². The zero-order valence-corrected chi connectivity index (χ0v) is 18.9. The Morgan fingerprint density at radius 1 is 1.19 bits per heavy atom. The summed E-state index contributed by atoms with van der Waals surface area (Å²) >= 11 is 0. The van der Waals surface area contributed by atoms with Crippen molar-refractivity contribution in [3.63, 3.8) is 0 Å². The Morgan fingerprint density at radius 3 is 2.45 bits per heavy atom. The molecule has 1 atom stereocenters. The monoisotopic (exact) mass is 427 g/mol. The standard InChI is InChI=1S/C23H33N5O3/c1-23(2,3)20(21(24)30)25-22(31)19-16-12-8-9-13-17(16)28(26-19)14-18(29)27(4)15-10-6-5-7-11-15/h8-9,12-13,15,20H,5-7,10-11,14H2,1-4H3,(H2,24,30)(H,25,31)/t20-/m1/s1. The minimum Gasteiger partial charge on any atom is -0.368 e. The van der Waals surface area contributed by atoms with Gasteiger partial charge in [-0.3, -0.25) is 19.1 Å². The van der Waals surface area contributed by atoms with Crippen molar-refractivity contribution in [2.24, 2.45) is 11.1 Å². The summed E-state index contributed by atoms with van der Waals surface area (Å²) in [6.07, 6.45) is 5.56. The molecule has 2 aromatic rings. The highest BCUT2D eigenvalue weighted by atomic mass is 16.2. The topological polar surface area (TPSA) is 110 Å². The van der Waals surface area contributed by atoms with E-state index in [1.165, 1.54) is 6.42 Å². The summed E-state index contributed by atoms with van der Waals surface area (Å²) in [4.78, 5) is 39.6. The quantitative estimate of drug-likeness (QED) is 0.738. The van der Waals surface area contributed by atoms with Crippen LogP contribution in [-0.2, 0) is 16.1 Å². The van der Waals surface area contributed by atoms with Crippen molar-refractivity contribution in [2.75, 3.05) is 7.05 Å². The van der Waals surface area contributed by atoms with Crippen molar-refractivity contribution in [1.29, 1.82) is 0 Å². The van der Waals surface area contributed by atoms with Gasteiger partial charge in [0, 0.05) is 18.5 Å². The highest BCUT2D eigenvalue weighted by molar-refractivity contribution is 6.06. The van der Waals surface area contributed by atoms with E-state index in [1.807, 2.05) is 50.9 Å². The van der Waals surface area contributed by atoms with E-state index in [1.54, 1.807) is 10.7 Å². The fourth-order valence-corrected chi connectivity index (χ4v) is 4.24. The molecule has 0 radical (unpaired) electrons. The SMILES string of the molecule is CN(C(=O)Cn1nc(C(=O)N[C@H](C(N)=O)C(C)(C)C)c2ccccc21)C1CCCCC1. The van der Waals surface area contributed by atoms with Gasteiger partial charge in [-0.05, 0) is 24.3 Å². The van der Waals surface area contributed by atoms with Crippen LogP contribution in [0.3, 0.4) is 0 Å². The molecule has 168 valence electrons. The van der Waals surface area contributed by atoms with Crippen LogP contribution in [0.4, 0.5) is 0 Å². The van der Waals surface area contributed by atoms with E-state index < -0.39 is 23.3 Å². The van der Waals surface area contributed by atoms with E-state index in [4.69, 9.17) is 5.73 Å². The Hall–Kier alpha value is -2.90. The molecule has 8 heteroatoms. The number of nitrogens with zero attached hydrogens (tertiary/aromatic N) is 3. The van der Waals surface area contributed by atoms with E-state index in [9.17, 15) is 14.4 Å². The van der Waals surface area contributed by atoms with E-state index in [0.717, 1.165) is 25.7 Å². The van der Waals surface area contributed by atoms with Gasteiger partial charge in [-0.1, -0.05) is 58.2 Å². The molecule has 1 heterocycles. The molecule has 3 rings (SSSR count). The Kier molecular flexibility index (Phi) is 6.67. The van der Waals surface area contributed by atoms with Crippen molar-refractivity contribution < 1.29 is 14.4 Å². The van der Waals surface area contributed by atoms with Crippen LogP contribution in [0, 0.1) is 5.41 Å². The van der Waals surface area contributed by atoms with Crippen LogP contribution in [0.25, 0.3) is 10.9 Å². The Bertz CT molecular complexity index is 969. The number of hydrogen-bond donors (Lipinski definition) is 2. The molecule has 1 aliphatic rings. The van der Waals surface area contributed by atoms with E-state index in [2.05, 4.69) is 10.4 Å². The normalized spacial score (nSPS) is 16.1. The summed E-state index contributed by atoms with van der Waals surface area (Å²) in [6.45, 7) is 5.55. The fourth-order valence-electron chi connectivity index (χ4n) is 4.24. The van der Waals surface area contributed by atoms with Crippen molar-refractivity contribution in [3.05, 3.63) is 30.0 Å². The fraction of sp³-hybridized carbons (Fsp3) is 0.565. The second kappa shape index (κ2) is 9.08. The lowest BCUT2D eigenvalue weighted by atomic mass is 9.86. The van der Waals surface area contributed by atoms with Gasteiger partial charge in [-0.2, -0.15) is 5.10 Å². The van der Waals surface area contributed by atoms with Crippen LogP contribution < -0.4 is 11.1 Å². The molecule has 3 amide bonds. The Morgan fingerprint density at radius 2 is 1.84 bits per heavy atom. The molecule has 0 unspecified atom stereocenters. The third-order valence-corrected chi connectivity index (χ3v) is 6.10. The first-order valence-corrected chi connectivity index (χ1v) is 10.9. The van der Waals surface area contributed by atoms with Gasteiger partial charge in [-0.15, -0.1) is 0 Å². The Balaban J connectivity index is 1.85. The van der Waals surface area contributed by atoms with Crippen molar-refractivity contribution >= 4 is 28.6 Å². The van der Waals surface area contributed by atoms with Gasteiger partial charge in [0.15, 0.2) is 5.69 Å². The first-order valence-electron chi connectivity index (χ1n) is 10.9. The van der Waals surface area contributed by atoms with Crippen molar-refractivity contribution in [1.82, 2.24) is 20.0 Å². The zero-order valence-electron chi connectivity index (χ0n) is 18.9. The maximum atomic E-state index is 13.0. The zero-order chi connectivity index (χ0) is 22.8. The highest BCUT2D eigenvalue weighted by Crippen LogP contribution is 2.24. The molecule has 3 N–H and O–H groups in total. The summed E-state index contributed by atoms with van der Waals surface area (Å²) < 4.78 is 1.57. The number of aromatic nitrogens is 2. The van der Waals surface area contributed by atoms with Gasteiger partial charge in [0.2, 0.25) is 11.8 Å². The third kappa shape index (κ3) is 5.06. The third-order valence-electron chi connectivity index (χ3n) is 6.10. The number of rotatable bonds is 6. The first-order chi connectivity index (χ1) is 14.6. The number of hydrogen-bond acceptors (Lipinski definition) is 4. The average Bonchev–Trinajstić information content (AvgIpc) is 3.09. The number of nitrogens with two attached hydrogens (primary N) is 1. The van der Waals surface area contributed by atoms with Crippen LogP contribution >= 0.6 is 0 Å².